The molecule has 0 aromatic heterocycles. The number of carbonyl (C=O) groups is 1. The van der Waals surface area contributed by atoms with E-state index in [0.717, 1.165) is 25.7 Å². The van der Waals surface area contributed by atoms with E-state index in [9.17, 15) is 4.79 Å². The van der Waals surface area contributed by atoms with E-state index in [1.807, 2.05) is 0 Å². The fourth-order valence-electron chi connectivity index (χ4n) is 1.45. The van der Waals surface area contributed by atoms with Gasteiger partial charge in [0.2, 0.25) is 0 Å². The van der Waals surface area contributed by atoms with Crippen molar-refractivity contribution in [2.45, 2.75) is 51.2 Å². The van der Waals surface area contributed by atoms with Crippen LogP contribution in [0.4, 0.5) is 0 Å². The fourth-order valence-corrected chi connectivity index (χ4v) is 1.45. The lowest BCUT2D eigenvalue weighted by Crippen LogP contribution is -2.27. The van der Waals surface area contributed by atoms with Crippen LogP contribution in [0.3, 0.4) is 0 Å². The minimum atomic E-state index is -0.980. The van der Waals surface area contributed by atoms with E-state index < -0.39 is 12.1 Å². The van der Waals surface area contributed by atoms with Crippen LogP contribution >= 0.6 is 0 Å². The summed E-state index contributed by atoms with van der Waals surface area (Å²) in [5, 5.41) is 8.88. The predicted octanol–water partition coefficient (Wildman–Crippen LogP) is 1.41. The van der Waals surface area contributed by atoms with E-state index in [-0.39, 0.29) is 12.3 Å². The third-order valence-corrected chi connectivity index (χ3v) is 2.18. The highest BCUT2D eigenvalue weighted by molar-refractivity contribution is 5.73. The highest BCUT2D eigenvalue weighted by Gasteiger charge is 2.19. The maximum Gasteiger partial charge on any atom is 0.334 e. The molecule has 0 aromatic rings. The Labute approximate surface area is 78.9 Å². The Morgan fingerprint density at radius 3 is 2.38 bits per heavy atom. The molecule has 0 spiro atoms. The summed E-state index contributed by atoms with van der Waals surface area (Å²) >= 11 is 0. The normalized spacial score (nSPS) is 20.2. The first-order chi connectivity index (χ1) is 5.70. The Morgan fingerprint density at radius 2 is 1.92 bits per heavy atom. The van der Waals surface area contributed by atoms with Gasteiger partial charge in [-0.1, -0.05) is 6.42 Å². The predicted molar refractivity (Wildman–Crippen MR) is 49.7 cm³/mol. The molecule has 4 nitrogen and oxygen atoms in total. The minimum Gasteiger partial charge on any atom is -0.460 e. The van der Waals surface area contributed by atoms with Gasteiger partial charge in [0.05, 0.1) is 0 Å². The fraction of sp³-hybridized carbons (Fsp3) is 0.889. The van der Waals surface area contributed by atoms with Gasteiger partial charge in [0.1, 0.15) is 12.2 Å². The molecule has 0 heterocycles. The highest BCUT2D eigenvalue weighted by atomic mass is 16.6. The van der Waals surface area contributed by atoms with Gasteiger partial charge in [-0.3, -0.25) is 0 Å². The highest BCUT2D eigenvalue weighted by Crippen LogP contribution is 2.20. The van der Waals surface area contributed by atoms with Gasteiger partial charge in [0.15, 0.2) is 0 Å². The van der Waals surface area contributed by atoms with Crippen molar-refractivity contribution < 1.29 is 14.6 Å². The van der Waals surface area contributed by atoms with Gasteiger partial charge >= 0.3 is 5.97 Å². The number of carbonyl (C=O) groups excluding carboxylic acids is 1. The molecule has 1 aliphatic carbocycles. The van der Waals surface area contributed by atoms with Gasteiger partial charge in [0, 0.05) is 0 Å². The van der Waals surface area contributed by atoms with Crippen molar-refractivity contribution >= 4 is 5.97 Å². The first-order valence-electron chi connectivity index (χ1n) is 4.58. The maximum atomic E-state index is 10.9. The van der Waals surface area contributed by atoms with Crippen LogP contribution in [0, 0.1) is 0 Å². The molecule has 0 bridgehead atoms. The standard InChI is InChI=1S/C9H16O3.H3N/c1-7(10)9(11)12-8-5-3-2-4-6-8;/h7-8,10H,2-6H2,1H3;1H3. The van der Waals surface area contributed by atoms with E-state index in [1.54, 1.807) is 0 Å². The van der Waals surface area contributed by atoms with Crippen LogP contribution in [0.15, 0.2) is 0 Å². The second kappa shape index (κ2) is 5.94. The second-order valence-corrected chi connectivity index (χ2v) is 3.37. The number of esters is 1. The molecule has 1 aliphatic rings. The molecule has 1 saturated carbocycles. The number of hydrogen-bond acceptors (Lipinski definition) is 4. The van der Waals surface area contributed by atoms with E-state index in [1.165, 1.54) is 13.3 Å². The number of hydrogen-bond donors (Lipinski definition) is 2. The van der Waals surface area contributed by atoms with E-state index in [4.69, 9.17) is 9.84 Å². The molecule has 0 saturated heterocycles. The summed E-state index contributed by atoms with van der Waals surface area (Å²) in [4.78, 5) is 10.9. The lowest BCUT2D eigenvalue weighted by atomic mass is 9.98. The summed E-state index contributed by atoms with van der Waals surface area (Å²) < 4.78 is 5.06. The summed E-state index contributed by atoms with van der Waals surface area (Å²) in [5.41, 5.74) is 0. The van der Waals surface area contributed by atoms with Gasteiger partial charge in [0.25, 0.3) is 0 Å². The van der Waals surface area contributed by atoms with E-state index >= 15 is 0 Å². The molecule has 1 fully saturated rings. The molecule has 1 unspecified atom stereocenters. The first kappa shape index (κ1) is 12.4. The van der Waals surface area contributed by atoms with Crippen LogP contribution < -0.4 is 6.15 Å². The van der Waals surface area contributed by atoms with Gasteiger partial charge in [-0.05, 0) is 32.6 Å². The number of rotatable bonds is 2. The molecule has 0 aliphatic heterocycles. The van der Waals surface area contributed by atoms with Crippen LogP contribution in [0.1, 0.15) is 39.0 Å². The summed E-state index contributed by atoms with van der Waals surface area (Å²) in [7, 11) is 0. The van der Waals surface area contributed by atoms with Crippen molar-refractivity contribution in [2.24, 2.45) is 0 Å². The quantitative estimate of drug-likeness (QED) is 0.643. The largest absolute Gasteiger partial charge is 0.460 e. The summed E-state index contributed by atoms with van der Waals surface area (Å²) in [6.07, 6.45) is 4.50. The van der Waals surface area contributed by atoms with Crippen molar-refractivity contribution in [1.82, 2.24) is 6.15 Å². The molecule has 0 amide bonds. The molecule has 1 atom stereocenters. The Kier molecular flexibility index (Phi) is 5.66. The molecule has 4 heteroatoms. The minimum absolute atomic E-state index is 0. The summed E-state index contributed by atoms with van der Waals surface area (Å²) in [6, 6.07) is 0. The topological polar surface area (TPSA) is 81.5 Å². The number of aliphatic hydroxyl groups excluding tert-OH is 1. The Bertz CT molecular complexity index is 153. The number of ether oxygens (including phenoxy) is 1. The third-order valence-electron chi connectivity index (χ3n) is 2.18. The average Bonchev–Trinajstić information content (AvgIpc) is 2.06. The van der Waals surface area contributed by atoms with E-state index in [0.29, 0.717) is 0 Å². The van der Waals surface area contributed by atoms with Crippen molar-refractivity contribution in [2.75, 3.05) is 0 Å². The molecule has 1 rings (SSSR count). The summed E-state index contributed by atoms with van der Waals surface area (Å²) in [6.45, 7) is 1.44. The molecule has 13 heavy (non-hydrogen) atoms. The second-order valence-electron chi connectivity index (χ2n) is 3.37. The smallest absolute Gasteiger partial charge is 0.334 e. The maximum absolute atomic E-state index is 10.9. The van der Waals surface area contributed by atoms with Gasteiger partial charge < -0.3 is 16.0 Å². The molecule has 0 aromatic carbocycles. The molecule has 0 radical (unpaired) electrons. The molecule has 78 valence electrons. The van der Waals surface area contributed by atoms with Gasteiger partial charge in [-0.25, -0.2) is 4.79 Å². The lowest BCUT2D eigenvalue weighted by molar-refractivity contribution is -0.159. The zero-order valence-corrected chi connectivity index (χ0v) is 8.16. The van der Waals surface area contributed by atoms with Crippen LogP contribution in [-0.4, -0.2) is 23.3 Å². The molecule has 4 N–H and O–H groups in total. The van der Waals surface area contributed by atoms with Crippen molar-refractivity contribution in [3.05, 3.63) is 0 Å². The zero-order valence-electron chi connectivity index (χ0n) is 8.16. The monoisotopic (exact) mass is 189 g/mol. The van der Waals surface area contributed by atoms with Crippen LogP contribution in [0.25, 0.3) is 0 Å². The lowest BCUT2D eigenvalue weighted by Gasteiger charge is -2.22. The Balaban J connectivity index is 0.00000144. The van der Waals surface area contributed by atoms with E-state index in [2.05, 4.69) is 0 Å². The van der Waals surface area contributed by atoms with Crippen molar-refractivity contribution in [3.63, 3.8) is 0 Å². The van der Waals surface area contributed by atoms with Crippen LogP contribution in [0.2, 0.25) is 0 Å². The third kappa shape index (κ3) is 4.24. The van der Waals surface area contributed by atoms with Crippen molar-refractivity contribution in [3.8, 4) is 0 Å². The molecular formula is C9H19NO3. The summed E-state index contributed by atoms with van der Waals surface area (Å²) in [5.74, 6) is -0.484. The number of aliphatic hydroxyl groups is 1. The average molecular weight is 189 g/mol. The van der Waals surface area contributed by atoms with Gasteiger partial charge in [-0.2, -0.15) is 0 Å². The van der Waals surface area contributed by atoms with Crippen LogP contribution in [0.5, 0.6) is 0 Å². The first-order valence-corrected chi connectivity index (χ1v) is 4.58. The van der Waals surface area contributed by atoms with Crippen LogP contribution in [-0.2, 0) is 9.53 Å². The molecular weight excluding hydrogens is 170 g/mol. The zero-order chi connectivity index (χ0) is 8.97. The van der Waals surface area contributed by atoms with Crippen molar-refractivity contribution in [1.29, 1.82) is 0 Å². The SMILES string of the molecule is CC(O)C(=O)OC1CCCCC1.N. The Hall–Kier alpha value is -0.610. The Morgan fingerprint density at radius 1 is 1.38 bits per heavy atom. The van der Waals surface area contributed by atoms with Gasteiger partial charge in [-0.15, -0.1) is 0 Å².